The van der Waals surface area contributed by atoms with Gasteiger partial charge in [-0.15, -0.1) is 0 Å². The SMILES string of the molecule is C[C@@H](CN1CCOCC1)N[C@@H](CO)c1ccccc1. The van der Waals surface area contributed by atoms with Gasteiger partial charge in [0.2, 0.25) is 0 Å². The average Bonchev–Trinajstić information content (AvgIpc) is 2.47. The van der Waals surface area contributed by atoms with E-state index in [0.29, 0.717) is 6.04 Å². The first kappa shape index (κ1) is 14.5. The Balaban J connectivity index is 1.84. The molecule has 1 aliphatic rings. The quantitative estimate of drug-likeness (QED) is 0.805. The molecule has 1 fully saturated rings. The van der Waals surface area contributed by atoms with E-state index in [0.717, 1.165) is 38.4 Å². The summed E-state index contributed by atoms with van der Waals surface area (Å²) in [5.74, 6) is 0. The standard InChI is InChI=1S/C15H24N2O2/c1-13(11-17-7-9-19-10-8-17)16-15(12-18)14-5-3-2-4-6-14/h2-6,13,15-16,18H,7-12H2,1H3/t13-,15-/m0/s1. The lowest BCUT2D eigenvalue weighted by atomic mass is 10.1. The minimum Gasteiger partial charge on any atom is -0.394 e. The van der Waals surface area contributed by atoms with Crippen LogP contribution >= 0.6 is 0 Å². The lowest BCUT2D eigenvalue weighted by Crippen LogP contribution is -2.45. The largest absolute Gasteiger partial charge is 0.394 e. The summed E-state index contributed by atoms with van der Waals surface area (Å²) in [6.45, 7) is 6.94. The molecule has 1 heterocycles. The van der Waals surface area contributed by atoms with E-state index in [4.69, 9.17) is 4.74 Å². The predicted octanol–water partition coefficient (Wildman–Crippen LogP) is 1.03. The van der Waals surface area contributed by atoms with Gasteiger partial charge in [0, 0.05) is 25.7 Å². The van der Waals surface area contributed by atoms with E-state index in [2.05, 4.69) is 29.3 Å². The van der Waals surface area contributed by atoms with E-state index in [1.807, 2.05) is 18.2 Å². The van der Waals surface area contributed by atoms with Gasteiger partial charge < -0.3 is 15.2 Å². The molecule has 0 unspecified atom stereocenters. The van der Waals surface area contributed by atoms with E-state index in [1.165, 1.54) is 0 Å². The van der Waals surface area contributed by atoms with Crippen LogP contribution in [0.4, 0.5) is 0 Å². The Kier molecular flexibility index (Phi) is 5.79. The van der Waals surface area contributed by atoms with Gasteiger partial charge >= 0.3 is 0 Å². The summed E-state index contributed by atoms with van der Waals surface area (Å²) in [7, 11) is 0. The van der Waals surface area contributed by atoms with Gasteiger partial charge in [0.15, 0.2) is 0 Å². The van der Waals surface area contributed by atoms with Crippen LogP contribution in [0.15, 0.2) is 30.3 Å². The van der Waals surface area contributed by atoms with Gasteiger partial charge in [-0.05, 0) is 12.5 Å². The number of benzene rings is 1. The second kappa shape index (κ2) is 7.60. The van der Waals surface area contributed by atoms with Crippen molar-refractivity contribution < 1.29 is 9.84 Å². The molecule has 1 saturated heterocycles. The van der Waals surface area contributed by atoms with Gasteiger partial charge in [0.05, 0.1) is 25.9 Å². The van der Waals surface area contributed by atoms with Crippen LogP contribution in [0.5, 0.6) is 0 Å². The number of morpholine rings is 1. The van der Waals surface area contributed by atoms with Gasteiger partial charge in [0.25, 0.3) is 0 Å². The molecule has 0 saturated carbocycles. The lowest BCUT2D eigenvalue weighted by molar-refractivity contribution is 0.0333. The molecule has 0 spiro atoms. The van der Waals surface area contributed by atoms with Gasteiger partial charge in [0.1, 0.15) is 0 Å². The summed E-state index contributed by atoms with van der Waals surface area (Å²) in [5.41, 5.74) is 1.14. The second-order valence-electron chi connectivity index (χ2n) is 5.13. The summed E-state index contributed by atoms with van der Waals surface area (Å²) in [6.07, 6.45) is 0. The molecule has 1 aromatic rings. The van der Waals surface area contributed by atoms with Crippen LogP contribution in [0.1, 0.15) is 18.5 Å². The third-order valence-electron chi connectivity index (χ3n) is 3.51. The number of hydrogen-bond donors (Lipinski definition) is 2. The molecular formula is C15H24N2O2. The van der Waals surface area contributed by atoms with Crippen LogP contribution in [0.2, 0.25) is 0 Å². The summed E-state index contributed by atoms with van der Waals surface area (Å²) < 4.78 is 5.35. The van der Waals surface area contributed by atoms with E-state index >= 15 is 0 Å². The molecule has 2 atom stereocenters. The maximum Gasteiger partial charge on any atom is 0.0626 e. The molecule has 4 nitrogen and oxygen atoms in total. The highest BCUT2D eigenvalue weighted by Gasteiger charge is 2.17. The van der Waals surface area contributed by atoms with Crippen LogP contribution in [-0.4, -0.2) is 55.5 Å². The average molecular weight is 264 g/mol. The number of nitrogens with zero attached hydrogens (tertiary/aromatic N) is 1. The lowest BCUT2D eigenvalue weighted by Gasteiger charge is -2.31. The van der Waals surface area contributed by atoms with Crippen molar-refractivity contribution in [1.82, 2.24) is 10.2 Å². The summed E-state index contributed by atoms with van der Waals surface area (Å²) in [4.78, 5) is 2.40. The van der Waals surface area contributed by atoms with E-state index in [9.17, 15) is 5.11 Å². The number of aliphatic hydroxyl groups excluding tert-OH is 1. The topological polar surface area (TPSA) is 44.7 Å². The molecule has 19 heavy (non-hydrogen) atoms. The normalized spacial score (nSPS) is 20.1. The number of aliphatic hydroxyl groups is 1. The Morgan fingerprint density at radius 3 is 2.58 bits per heavy atom. The maximum absolute atomic E-state index is 9.54. The van der Waals surface area contributed by atoms with Crippen molar-refractivity contribution in [2.24, 2.45) is 0 Å². The van der Waals surface area contributed by atoms with Gasteiger partial charge in [-0.1, -0.05) is 30.3 Å². The summed E-state index contributed by atoms with van der Waals surface area (Å²) >= 11 is 0. The van der Waals surface area contributed by atoms with Crippen molar-refractivity contribution in [2.75, 3.05) is 39.5 Å². The number of ether oxygens (including phenoxy) is 1. The highest BCUT2D eigenvalue weighted by atomic mass is 16.5. The molecule has 0 bridgehead atoms. The zero-order valence-electron chi connectivity index (χ0n) is 11.6. The first-order valence-corrected chi connectivity index (χ1v) is 7.01. The van der Waals surface area contributed by atoms with Crippen molar-refractivity contribution in [3.05, 3.63) is 35.9 Å². The van der Waals surface area contributed by atoms with Crippen LogP contribution in [-0.2, 0) is 4.74 Å². The van der Waals surface area contributed by atoms with E-state index in [1.54, 1.807) is 0 Å². The van der Waals surface area contributed by atoms with E-state index < -0.39 is 0 Å². The number of nitrogens with one attached hydrogen (secondary N) is 1. The monoisotopic (exact) mass is 264 g/mol. The predicted molar refractivity (Wildman–Crippen MR) is 76.1 cm³/mol. The van der Waals surface area contributed by atoms with E-state index in [-0.39, 0.29) is 12.6 Å². The minimum atomic E-state index is 0.0113. The Morgan fingerprint density at radius 2 is 1.95 bits per heavy atom. The zero-order valence-corrected chi connectivity index (χ0v) is 11.6. The minimum absolute atomic E-state index is 0.0113. The van der Waals surface area contributed by atoms with Crippen LogP contribution in [0.25, 0.3) is 0 Å². The molecule has 2 N–H and O–H groups in total. The maximum atomic E-state index is 9.54. The molecule has 1 aromatic carbocycles. The first-order valence-electron chi connectivity index (χ1n) is 7.01. The number of hydrogen-bond acceptors (Lipinski definition) is 4. The third-order valence-corrected chi connectivity index (χ3v) is 3.51. The van der Waals surface area contributed by atoms with Crippen LogP contribution < -0.4 is 5.32 Å². The fourth-order valence-corrected chi connectivity index (χ4v) is 2.51. The highest BCUT2D eigenvalue weighted by Crippen LogP contribution is 2.12. The Morgan fingerprint density at radius 1 is 1.26 bits per heavy atom. The number of rotatable bonds is 6. The molecule has 0 radical (unpaired) electrons. The molecular weight excluding hydrogens is 240 g/mol. The third kappa shape index (κ3) is 4.58. The fraction of sp³-hybridized carbons (Fsp3) is 0.600. The van der Waals surface area contributed by atoms with Crippen molar-refractivity contribution >= 4 is 0 Å². The molecule has 2 rings (SSSR count). The van der Waals surface area contributed by atoms with Crippen molar-refractivity contribution in [2.45, 2.75) is 19.0 Å². The molecule has 106 valence electrons. The summed E-state index contributed by atoms with van der Waals surface area (Å²) in [6, 6.07) is 10.5. The van der Waals surface area contributed by atoms with Crippen molar-refractivity contribution in [1.29, 1.82) is 0 Å². The Bertz CT molecular complexity index is 352. The molecule has 4 heteroatoms. The zero-order chi connectivity index (χ0) is 13.5. The van der Waals surface area contributed by atoms with Gasteiger partial charge in [-0.3, -0.25) is 4.90 Å². The second-order valence-corrected chi connectivity index (χ2v) is 5.13. The highest BCUT2D eigenvalue weighted by molar-refractivity contribution is 5.19. The first-order chi connectivity index (χ1) is 9.29. The van der Waals surface area contributed by atoms with Crippen molar-refractivity contribution in [3.8, 4) is 0 Å². The molecule has 0 amide bonds. The Hall–Kier alpha value is -0.940. The smallest absolute Gasteiger partial charge is 0.0626 e. The molecule has 0 aromatic heterocycles. The Labute approximate surface area is 115 Å². The van der Waals surface area contributed by atoms with Crippen molar-refractivity contribution in [3.63, 3.8) is 0 Å². The fourth-order valence-electron chi connectivity index (χ4n) is 2.51. The van der Waals surface area contributed by atoms with Crippen LogP contribution in [0.3, 0.4) is 0 Å². The molecule has 0 aliphatic carbocycles. The molecule has 1 aliphatic heterocycles. The summed E-state index contributed by atoms with van der Waals surface area (Å²) in [5, 5.41) is 13.0. The van der Waals surface area contributed by atoms with Gasteiger partial charge in [-0.2, -0.15) is 0 Å². The van der Waals surface area contributed by atoms with Gasteiger partial charge in [-0.25, -0.2) is 0 Å². The van der Waals surface area contributed by atoms with Crippen LogP contribution in [0, 0.1) is 0 Å².